The molecular weight excluding hydrogens is 525 g/mol. The average Bonchev–Trinajstić information content (AvgIpc) is 3.61. The van der Waals surface area contributed by atoms with Crippen molar-refractivity contribution in [3.63, 3.8) is 0 Å². The second-order valence-corrected chi connectivity index (χ2v) is 9.45. The van der Waals surface area contributed by atoms with E-state index in [-0.39, 0.29) is 37.6 Å². The van der Waals surface area contributed by atoms with Gasteiger partial charge in [0, 0.05) is 30.9 Å². The Morgan fingerprint density at radius 2 is 1.85 bits per heavy atom. The largest absolute Gasteiger partial charge is 0.487 e. The van der Waals surface area contributed by atoms with Crippen molar-refractivity contribution in [1.82, 2.24) is 15.1 Å². The van der Waals surface area contributed by atoms with E-state index in [0.29, 0.717) is 30.2 Å². The van der Waals surface area contributed by atoms with Crippen LogP contribution < -0.4 is 9.64 Å². The summed E-state index contributed by atoms with van der Waals surface area (Å²) >= 11 is 0. The number of alkyl halides is 3. The highest BCUT2D eigenvalue weighted by Crippen LogP contribution is 2.33. The second kappa shape index (κ2) is 11.8. The maximum Gasteiger partial charge on any atom is 0.433 e. The van der Waals surface area contributed by atoms with Crippen LogP contribution in [-0.2, 0) is 28.7 Å². The van der Waals surface area contributed by atoms with Gasteiger partial charge in [0.1, 0.15) is 23.7 Å². The Morgan fingerprint density at radius 3 is 2.58 bits per heavy atom. The van der Waals surface area contributed by atoms with Gasteiger partial charge >= 0.3 is 12.1 Å². The average molecular weight is 553 g/mol. The van der Waals surface area contributed by atoms with E-state index in [9.17, 15) is 18.0 Å². The molecule has 2 atom stereocenters. The lowest BCUT2D eigenvalue weighted by Crippen LogP contribution is -2.27. The molecule has 0 spiro atoms. The van der Waals surface area contributed by atoms with E-state index in [1.165, 1.54) is 0 Å². The highest BCUT2D eigenvalue weighted by molar-refractivity contribution is 5.74. The van der Waals surface area contributed by atoms with Crippen molar-refractivity contribution in [1.29, 1.82) is 0 Å². The molecule has 2 aromatic carbocycles. The standard InChI is InChI=1S/C29H27F3N4O4/c1-2-38-27(37)24-17-36(28-33-13-12-26(34-28)29(30,31)32)16-21(24)14-19-8-10-23(11-9-19)39-18-22-15-25(40-35-22)20-6-4-3-5-7-20/h3-13,15,21,24H,2,14,16-18H2,1H3/t21-,24+/m1/s1. The summed E-state index contributed by atoms with van der Waals surface area (Å²) in [5, 5.41) is 4.06. The first-order valence-corrected chi connectivity index (χ1v) is 12.8. The number of esters is 1. The van der Waals surface area contributed by atoms with E-state index in [1.54, 1.807) is 11.8 Å². The molecule has 208 valence electrons. The molecule has 11 heteroatoms. The summed E-state index contributed by atoms with van der Waals surface area (Å²) in [6.45, 7) is 2.66. The zero-order chi connectivity index (χ0) is 28.1. The molecule has 40 heavy (non-hydrogen) atoms. The minimum atomic E-state index is -4.58. The summed E-state index contributed by atoms with van der Waals surface area (Å²) in [4.78, 5) is 22.0. The maximum absolute atomic E-state index is 13.2. The number of hydrogen-bond donors (Lipinski definition) is 0. The van der Waals surface area contributed by atoms with Crippen LogP contribution >= 0.6 is 0 Å². The van der Waals surface area contributed by atoms with Crippen LogP contribution in [0, 0.1) is 11.8 Å². The van der Waals surface area contributed by atoms with Crippen LogP contribution in [0.2, 0.25) is 0 Å². The van der Waals surface area contributed by atoms with Gasteiger partial charge in [-0.25, -0.2) is 9.97 Å². The number of halogens is 3. The maximum atomic E-state index is 13.2. The van der Waals surface area contributed by atoms with Gasteiger partial charge in [0.25, 0.3) is 0 Å². The first kappa shape index (κ1) is 27.2. The van der Waals surface area contributed by atoms with Crippen molar-refractivity contribution in [2.75, 3.05) is 24.6 Å². The van der Waals surface area contributed by atoms with E-state index >= 15 is 0 Å². The number of aromatic nitrogens is 3. The minimum Gasteiger partial charge on any atom is -0.487 e. The van der Waals surface area contributed by atoms with Gasteiger partial charge in [0.05, 0.1) is 12.5 Å². The monoisotopic (exact) mass is 552 g/mol. The molecule has 4 aromatic rings. The lowest BCUT2D eigenvalue weighted by atomic mass is 9.90. The molecule has 0 aliphatic carbocycles. The number of benzene rings is 2. The van der Waals surface area contributed by atoms with E-state index in [2.05, 4.69) is 15.1 Å². The molecule has 2 aromatic heterocycles. The fourth-order valence-electron chi connectivity index (χ4n) is 4.72. The van der Waals surface area contributed by atoms with Gasteiger partial charge in [0.15, 0.2) is 5.76 Å². The molecular formula is C29H27F3N4O4. The Morgan fingerprint density at radius 1 is 1.07 bits per heavy atom. The van der Waals surface area contributed by atoms with Gasteiger partial charge in [-0.3, -0.25) is 4.79 Å². The first-order chi connectivity index (χ1) is 19.3. The summed E-state index contributed by atoms with van der Waals surface area (Å²) in [6, 6.07) is 19.8. The van der Waals surface area contributed by atoms with Crippen LogP contribution in [0.3, 0.4) is 0 Å². The molecule has 0 bridgehead atoms. The fraction of sp³-hybridized carbons (Fsp3) is 0.310. The van der Waals surface area contributed by atoms with Crippen molar-refractivity contribution < 1.29 is 32.0 Å². The van der Waals surface area contributed by atoms with E-state index in [1.807, 2.05) is 60.7 Å². The van der Waals surface area contributed by atoms with Crippen LogP contribution in [0.4, 0.5) is 19.1 Å². The quantitative estimate of drug-likeness (QED) is 0.248. The Kier molecular flexibility index (Phi) is 7.99. The van der Waals surface area contributed by atoms with Crippen LogP contribution in [0.1, 0.15) is 23.9 Å². The molecule has 1 fully saturated rings. The van der Waals surface area contributed by atoms with Crippen LogP contribution in [0.5, 0.6) is 5.75 Å². The minimum absolute atomic E-state index is 0.0568. The third-order valence-electron chi connectivity index (χ3n) is 6.67. The molecule has 0 N–H and O–H groups in total. The Labute approximate surface area is 228 Å². The van der Waals surface area contributed by atoms with Gasteiger partial charge in [-0.15, -0.1) is 0 Å². The number of nitrogens with zero attached hydrogens (tertiary/aromatic N) is 4. The molecule has 0 saturated carbocycles. The van der Waals surface area contributed by atoms with E-state index < -0.39 is 17.8 Å². The first-order valence-electron chi connectivity index (χ1n) is 12.8. The molecule has 0 amide bonds. The highest BCUT2D eigenvalue weighted by Gasteiger charge is 2.40. The number of carbonyl (C=O) groups is 1. The lowest BCUT2D eigenvalue weighted by molar-refractivity contribution is -0.148. The van der Waals surface area contributed by atoms with Crippen molar-refractivity contribution in [2.45, 2.75) is 26.1 Å². The molecule has 0 radical (unpaired) electrons. The second-order valence-electron chi connectivity index (χ2n) is 9.45. The van der Waals surface area contributed by atoms with Gasteiger partial charge < -0.3 is 18.9 Å². The van der Waals surface area contributed by atoms with Gasteiger partial charge in [-0.2, -0.15) is 13.2 Å². The number of anilines is 1. The fourth-order valence-corrected chi connectivity index (χ4v) is 4.72. The molecule has 8 nitrogen and oxygen atoms in total. The molecule has 0 unspecified atom stereocenters. The van der Waals surface area contributed by atoms with Gasteiger partial charge in [-0.1, -0.05) is 47.6 Å². The summed E-state index contributed by atoms with van der Waals surface area (Å²) in [5.74, 6) is 0.130. The van der Waals surface area contributed by atoms with E-state index in [4.69, 9.17) is 14.0 Å². The van der Waals surface area contributed by atoms with Gasteiger partial charge in [-0.05, 0) is 43.0 Å². The molecule has 1 saturated heterocycles. The highest BCUT2D eigenvalue weighted by atomic mass is 19.4. The Balaban J connectivity index is 1.23. The predicted molar refractivity (Wildman–Crippen MR) is 139 cm³/mol. The zero-order valence-electron chi connectivity index (χ0n) is 21.7. The number of rotatable bonds is 9. The topological polar surface area (TPSA) is 90.6 Å². The predicted octanol–water partition coefficient (Wildman–Crippen LogP) is 5.59. The Hall–Kier alpha value is -4.41. The lowest BCUT2D eigenvalue weighted by Gasteiger charge is -2.17. The Bertz CT molecular complexity index is 1430. The third kappa shape index (κ3) is 6.41. The molecule has 1 aliphatic rings. The normalized spacial score (nSPS) is 17.1. The van der Waals surface area contributed by atoms with Crippen LogP contribution in [0.15, 0.2) is 77.4 Å². The van der Waals surface area contributed by atoms with Crippen molar-refractivity contribution in [3.8, 4) is 17.1 Å². The number of hydrogen-bond acceptors (Lipinski definition) is 8. The zero-order valence-corrected chi connectivity index (χ0v) is 21.7. The molecule has 3 heterocycles. The van der Waals surface area contributed by atoms with Crippen molar-refractivity contribution >= 4 is 11.9 Å². The van der Waals surface area contributed by atoms with Crippen molar-refractivity contribution in [2.24, 2.45) is 11.8 Å². The summed E-state index contributed by atoms with van der Waals surface area (Å²) in [6.07, 6.45) is -2.99. The van der Waals surface area contributed by atoms with Crippen molar-refractivity contribution in [3.05, 3.63) is 89.9 Å². The van der Waals surface area contributed by atoms with Crippen LogP contribution in [-0.4, -0.2) is 40.8 Å². The SMILES string of the molecule is CCOC(=O)[C@H]1CN(c2nccc(C(F)(F)F)n2)C[C@H]1Cc1ccc(OCc2cc(-c3ccccc3)on2)cc1. The molecule has 1 aliphatic heterocycles. The summed E-state index contributed by atoms with van der Waals surface area (Å²) in [7, 11) is 0. The number of ether oxygens (including phenoxy) is 2. The summed E-state index contributed by atoms with van der Waals surface area (Å²) < 4.78 is 56.1. The summed E-state index contributed by atoms with van der Waals surface area (Å²) in [5.41, 5.74) is 1.51. The van der Waals surface area contributed by atoms with Crippen LogP contribution in [0.25, 0.3) is 11.3 Å². The van der Waals surface area contributed by atoms with Gasteiger partial charge in [0.2, 0.25) is 5.95 Å². The molecule has 5 rings (SSSR count). The smallest absolute Gasteiger partial charge is 0.433 e. The number of carbonyl (C=O) groups excluding carboxylic acids is 1. The van der Waals surface area contributed by atoms with E-state index in [0.717, 1.165) is 23.4 Å². The third-order valence-corrected chi connectivity index (χ3v) is 6.67.